The highest BCUT2D eigenvalue weighted by Crippen LogP contribution is 2.27. The molecule has 6 nitrogen and oxygen atoms in total. The number of allylic oxidation sites excluding steroid dienone is 2. The van der Waals surface area contributed by atoms with Gasteiger partial charge in [0.2, 0.25) is 0 Å². The van der Waals surface area contributed by atoms with Gasteiger partial charge in [0.05, 0.1) is 6.61 Å². The summed E-state index contributed by atoms with van der Waals surface area (Å²) in [5.41, 5.74) is 0.545. The number of carbonyl (C=O) groups is 2. The van der Waals surface area contributed by atoms with E-state index in [-0.39, 0.29) is 13.0 Å². The fraction of sp³-hybridized carbons (Fsp3) is 0.538. The van der Waals surface area contributed by atoms with Crippen molar-refractivity contribution in [2.24, 2.45) is 5.92 Å². The molecule has 0 bridgehead atoms. The van der Waals surface area contributed by atoms with Crippen molar-refractivity contribution in [1.82, 2.24) is 5.48 Å². The number of cyclic esters (lactones) is 1. The van der Waals surface area contributed by atoms with Gasteiger partial charge in [-0.2, -0.15) is 5.48 Å². The first-order chi connectivity index (χ1) is 8.98. The maximum Gasteiger partial charge on any atom is 0.326 e. The Labute approximate surface area is 112 Å². The molecule has 0 saturated heterocycles. The number of ketones is 1. The lowest BCUT2D eigenvalue weighted by atomic mass is 9.88. The van der Waals surface area contributed by atoms with Crippen LogP contribution >= 0.6 is 0 Å². The van der Waals surface area contributed by atoms with Gasteiger partial charge in [-0.1, -0.05) is 19.9 Å². The smallest absolute Gasteiger partial charge is 0.326 e. The van der Waals surface area contributed by atoms with Crippen LogP contribution in [0.4, 0.5) is 0 Å². The van der Waals surface area contributed by atoms with E-state index in [1.54, 1.807) is 13.8 Å². The number of ether oxygens (including phenoxy) is 1. The van der Waals surface area contributed by atoms with Gasteiger partial charge in [-0.15, -0.1) is 6.58 Å². The van der Waals surface area contributed by atoms with Gasteiger partial charge in [-0.25, -0.2) is 0 Å². The predicted molar refractivity (Wildman–Crippen MR) is 67.5 cm³/mol. The van der Waals surface area contributed by atoms with E-state index in [0.29, 0.717) is 12.2 Å². The number of nitrogens with one attached hydrogen (secondary N) is 1. The molecule has 6 heteroatoms. The minimum Gasteiger partial charge on any atom is -0.430 e. The van der Waals surface area contributed by atoms with Gasteiger partial charge < -0.3 is 9.84 Å². The Balaban J connectivity index is 2.91. The molecule has 0 fully saturated rings. The summed E-state index contributed by atoms with van der Waals surface area (Å²) in [5.74, 6) is -2.30. The molecule has 1 aliphatic rings. The summed E-state index contributed by atoms with van der Waals surface area (Å²) in [4.78, 5) is 28.8. The summed E-state index contributed by atoms with van der Waals surface area (Å²) in [6.07, 6.45) is 3.25. The van der Waals surface area contributed by atoms with Crippen molar-refractivity contribution in [1.29, 1.82) is 0 Å². The van der Waals surface area contributed by atoms with Crippen molar-refractivity contribution in [3.63, 3.8) is 0 Å². The van der Waals surface area contributed by atoms with Crippen LogP contribution in [0.2, 0.25) is 0 Å². The molecule has 2 atom stereocenters. The second kappa shape index (κ2) is 6.60. The molecule has 0 aromatic heterocycles. The Hall–Kier alpha value is -1.50. The van der Waals surface area contributed by atoms with Crippen molar-refractivity contribution in [2.75, 3.05) is 6.61 Å². The van der Waals surface area contributed by atoms with Gasteiger partial charge in [0.1, 0.15) is 5.76 Å². The first kappa shape index (κ1) is 15.6. The van der Waals surface area contributed by atoms with Crippen LogP contribution in [0.5, 0.6) is 0 Å². The molecule has 2 unspecified atom stereocenters. The maximum atomic E-state index is 12.0. The molecule has 0 radical (unpaired) electrons. The van der Waals surface area contributed by atoms with Crippen LogP contribution in [0.3, 0.4) is 0 Å². The topological polar surface area (TPSA) is 84.9 Å². The largest absolute Gasteiger partial charge is 0.430 e. The van der Waals surface area contributed by atoms with Crippen LogP contribution in [-0.2, 0) is 19.2 Å². The van der Waals surface area contributed by atoms with Crippen molar-refractivity contribution in [2.45, 2.75) is 32.4 Å². The molecule has 2 N–H and O–H groups in total. The van der Waals surface area contributed by atoms with E-state index in [2.05, 4.69) is 12.1 Å². The predicted octanol–water partition coefficient (Wildman–Crippen LogP) is 0.828. The second-order valence-electron chi connectivity index (χ2n) is 4.20. The van der Waals surface area contributed by atoms with E-state index in [4.69, 9.17) is 9.57 Å². The zero-order valence-corrected chi connectivity index (χ0v) is 11.1. The van der Waals surface area contributed by atoms with Crippen LogP contribution in [0, 0.1) is 5.92 Å². The molecule has 1 aliphatic heterocycles. The molecule has 106 valence electrons. The Morgan fingerprint density at radius 2 is 2.26 bits per heavy atom. The molecule has 1 rings (SSSR count). The molecule has 0 amide bonds. The lowest BCUT2D eigenvalue weighted by Gasteiger charge is -2.34. The third kappa shape index (κ3) is 3.50. The number of esters is 1. The highest BCUT2D eigenvalue weighted by Gasteiger charge is 2.48. The number of hydrogen-bond donors (Lipinski definition) is 2. The molecule has 19 heavy (non-hydrogen) atoms. The summed E-state index contributed by atoms with van der Waals surface area (Å²) < 4.78 is 5.00. The number of rotatable bonds is 7. The lowest BCUT2D eigenvalue weighted by Crippen LogP contribution is -2.57. The SMILES string of the molecule is C=CCONC(O)(CC)C1C(=O)C=C(CC)OC1=O. The highest BCUT2D eigenvalue weighted by molar-refractivity contribution is 6.08. The lowest BCUT2D eigenvalue weighted by molar-refractivity contribution is -0.185. The Morgan fingerprint density at radius 3 is 2.74 bits per heavy atom. The van der Waals surface area contributed by atoms with Gasteiger partial charge in [0.15, 0.2) is 17.4 Å². The molecule has 0 aliphatic carbocycles. The van der Waals surface area contributed by atoms with Crippen molar-refractivity contribution >= 4 is 11.8 Å². The Morgan fingerprint density at radius 1 is 1.58 bits per heavy atom. The van der Waals surface area contributed by atoms with E-state index in [0.717, 1.165) is 0 Å². The average Bonchev–Trinajstić information content (AvgIpc) is 2.38. The summed E-state index contributed by atoms with van der Waals surface area (Å²) in [7, 11) is 0. The quantitative estimate of drug-likeness (QED) is 0.178. The molecule has 0 aromatic carbocycles. The third-order valence-corrected chi connectivity index (χ3v) is 2.87. The molecule has 0 spiro atoms. The highest BCUT2D eigenvalue weighted by atomic mass is 16.7. The summed E-state index contributed by atoms with van der Waals surface area (Å²) >= 11 is 0. The number of hydroxylamine groups is 1. The first-order valence-corrected chi connectivity index (χ1v) is 6.16. The van der Waals surface area contributed by atoms with Crippen LogP contribution < -0.4 is 5.48 Å². The fourth-order valence-electron chi connectivity index (χ4n) is 1.74. The Bertz CT molecular complexity index is 404. The summed E-state index contributed by atoms with van der Waals surface area (Å²) in [6.45, 7) is 6.98. The number of carbonyl (C=O) groups excluding carboxylic acids is 2. The van der Waals surface area contributed by atoms with Crippen molar-refractivity contribution in [3.05, 3.63) is 24.5 Å². The van der Waals surface area contributed by atoms with E-state index >= 15 is 0 Å². The average molecular weight is 269 g/mol. The second-order valence-corrected chi connectivity index (χ2v) is 4.20. The first-order valence-electron chi connectivity index (χ1n) is 6.16. The number of hydrogen-bond acceptors (Lipinski definition) is 6. The van der Waals surface area contributed by atoms with Gasteiger partial charge in [-0.05, 0) is 6.42 Å². The standard InChI is InChI=1S/C13H19NO5/c1-4-7-18-14-13(17,6-3)11-10(15)8-9(5-2)19-12(11)16/h4,8,11,14,17H,1,5-7H2,2-3H3. The number of aliphatic hydroxyl groups is 1. The monoisotopic (exact) mass is 269 g/mol. The fourth-order valence-corrected chi connectivity index (χ4v) is 1.74. The van der Waals surface area contributed by atoms with Gasteiger partial charge in [-0.3, -0.25) is 14.4 Å². The molecule has 0 saturated carbocycles. The van der Waals surface area contributed by atoms with E-state index in [1.807, 2.05) is 0 Å². The Kier molecular flexibility index (Phi) is 5.41. The van der Waals surface area contributed by atoms with E-state index in [1.165, 1.54) is 12.2 Å². The zero-order valence-electron chi connectivity index (χ0n) is 11.1. The van der Waals surface area contributed by atoms with Gasteiger partial charge in [0.25, 0.3) is 0 Å². The summed E-state index contributed by atoms with van der Waals surface area (Å²) in [5, 5.41) is 10.3. The zero-order chi connectivity index (χ0) is 14.5. The van der Waals surface area contributed by atoms with Crippen LogP contribution in [-0.4, -0.2) is 29.2 Å². The van der Waals surface area contributed by atoms with Crippen molar-refractivity contribution in [3.8, 4) is 0 Å². The van der Waals surface area contributed by atoms with E-state index in [9.17, 15) is 14.7 Å². The van der Waals surface area contributed by atoms with Gasteiger partial charge >= 0.3 is 5.97 Å². The molecular formula is C13H19NO5. The summed E-state index contributed by atoms with van der Waals surface area (Å²) in [6, 6.07) is 0. The molecule has 0 aromatic rings. The third-order valence-electron chi connectivity index (χ3n) is 2.87. The minimum absolute atomic E-state index is 0.102. The maximum absolute atomic E-state index is 12.0. The van der Waals surface area contributed by atoms with Crippen LogP contribution in [0.25, 0.3) is 0 Å². The van der Waals surface area contributed by atoms with Crippen molar-refractivity contribution < 1.29 is 24.3 Å². The van der Waals surface area contributed by atoms with E-state index < -0.39 is 23.4 Å². The molecular weight excluding hydrogens is 250 g/mol. The van der Waals surface area contributed by atoms with Crippen LogP contribution in [0.15, 0.2) is 24.5 Å². The van der Waals surface area contributed by atoms with Gasteiger partial charge in [0, 0.05) is 12.5 Å². The normalized spacial score (nSPS) is 22.5. The van der Waals surface area contributed by atoms with Crippen LogP contribution in [0.1, 0.15) is 26.7 Å². The molecule has 1 heterocycles. The minimum atomic E-state index is -1.80.